The molecule has 7 aromatic rings. The van der Waals surface area contributed by atoms with Crippen LogP contribution >= 0.6 is 0 Å². The van der Waals surface area contributed by atoms with Crippen molar-refractivity contribution in [2.24, 2.45) is 5.73 Å². The molecule has 0 saturated heterocycles. The van der Waals surface area contributed by atoms with Gasteiger partial charge in [-0.05, 0) is 104 Å². The lowest BCUT2D eigenvalue weighted by Gasteiger charge is -2.29. The average Bonchev–Trinajstić information content (AvgIpc) is 3.10. The molecule has 0 aromatic heterocycles. The van der Waals surface area contributed by atoms with Crippen LogP contribution in [0.5, 0.6) is 0 Å². The molecule has 0 radical (unpaired) electrons. The Bertz CT molecular complexity index is 2120. The van der Waals surface area contributed by atoms with Gasteiger partial charge in [-0.15, -0.1) is 0 Å². The van der Waals surface area contributed by atoms with E-state index in [1.54, 1.807) is 0 Å². The van der Waals surface area contributed by atoms with Gasteiger partial charge in [0.2, 0.25) is 0 Å². The number of benzene rings is 7. The molecule has 7 rings (SSSR count). The van der Waals surface area contributed by atoms with E-state index >= 15 is 0 Å². The first kappa shape index (κ1) is 29.7. The van der Waals surface area contributed by atoms with E-state index in [4.69, 9.17) is 11.5 Å². The third-order valence-electron chi connectivity index (χ3n) is 9.20. The number of hydrogen-bond acceptors (Lipinski definition) is 4. The molecule has 0 aliphatic heterocycles. The molecular formula is C42H40N4. The lowest BCUT2D eigenvalue weighted by Crippen LogP contribution is -2.41. The van der Waals surface area contributed by atoms with Crippen LogP contribution in [0.25, 0.3) is 32.3 Å². The van der Waals surface area contributed by atoms with Crippen molar-refractivity contribution in [3.05, 3.63) is 173 Å². The average molecular weight is 601 g/mol. The van der Waals surface area contributed by atoms with E-state index in [1.165, 1.54) is 43.6 Å². The van der Waals surface area contributed by atoms with Crippen LogP contribution in [-0.2, 0) is 12.8 Å². The highest BCUT2D eigenvalue weighted by molar-refractivity contribution is 5.90. The number of fused-ring (bicyclic) bond motifs is 3. The summed E-state index contributed by atoms with van der Waals surface area (Å²) in [5.74, 6) is 0. The molecule has 0 fully saturated rings. The first-order valence-corrected chi connectivity index (χ1v) is 16.1. The molecule has 0 spiro atoms. The smallest absolute Gasteiger partial charge is 0.0854 e. The molecule has 0 aliphatic rings. The molecule has 0 heterocycles. The minimum Gasteiger partial charge on any atom is -0.398 e. The van der Waals surface area contributed by atoms with Gasteiger partial charge in [-0.2, -0.15) is 0 Å². The van der Waals surface area contributed by atoms with Crippen molar-refractivity contribution in [3.63, 3.8) is 0 Å². The Labute approximate surface area is 271 Å². The Hall–Kier alpha value is -5.00. The highest BCUT2D eigenvalue weighted by Gasteiger charge is 2.20. The standard InChI is InChI=1S/C42H40N4/c1-28(32-18-16-30-11-5-7-13-33(30)25-32)45-42(37-19-17-31-12-6-8-14-34(31)26-37)46-41(44)36-20-23-38-35(27-36)21-24-40(43)39(38)22-15-29-9-3-2-4-10-29/h2-14,16-21,23-28,41-42,45-46H,15,22,43-44H2,1H3. The third-order valence-corrected chi connectivity index (χ3v) is 9.20. The molecule has 4 nitrogen and oxygen atoms in total. The quantitative estimate of drug-likeness (QED) is 0.0933. The second kappa shape index (κ2) is 13.2. The van der Waals surface area contributed by atoms with Crippen LogP contribution in [0.1, 0.15) is 53.1 Å². The Morgan fingerprint density at radius 1 is 0.522 bits per heavy atom. The first-order chi connectivity index (χ1) is 22.5. The van der Waals surface area contributed by atoms with Gasteiger partial charge in [-0.3, -0.25) is 10.6 Å². The summed E-state index contributed by atoms with van der Waals surface area (Å²) in [6.45, 7) is 2.21. The van der Waals surface area contributed by atoms with E-state index in [-0.39, 0.29) is 12.2 Å². The van der Waals surface area contributed by atoms with Gasteiger partial charge in [0.15, 0.2) is 0 Å². The Morgan fingerprint density at radius 3 is 1.80 bits per heavy atom. The maximum Gasteiger partial charge on any atom is 0.0854 e. The van der Waals surface area contributed by atoms with Crippen molar-refractivity contribution in [2.45, 2.75) is 38.1 Å². The lowest BCUT2D eigenvalue weighted by molar-refractivity contribution is 0.357. The molecular weight excluding hydrogens is 560 g/mol. The van der Waals surface area contributed by atoms with Crippen LogP contribution in [0.4, 0.5) is 5.69 Å². The summed E-state index contributed by atoms with van der Waals surface area (Å²) in [5.41, 5.74) is 20.2. The molecule has 3 atom stereocenters. The molecule has 228 valence electrons. The van der Waals surface area contributed by atoms with Gasteiger partial charge in [-0.25, -0.2) is 0 Å². The maximum absolute atomic E-state index is 6.95. The largest absolute Gasteiger partial charge is 0.398 e. The highest BCUT2D eigenvalue weighted by atomic mass is 15.2. The highest BCUT2D eigenvalue weighted by Crippen LogP contribution is 2.30. The van der Waals surface area contributed by atoms with Crippen LogP contribution < -0.4 is 22.1 Å². The Kier molecular flexibility index (Phi) is 8.49. The van der Waals surface area contributed by atoms with Crippen molar-refractivity contribution in [1.29, 1.82) is 0 Å². The van der Waals surface area contributed by atoms with Crippen molar-refractivity contribution < 1.29 is 0 Å². The number of nitrogens with two attached hydrogens (primary N) is 2. The minimum absolute atomic E-state index is 0.0764. The molecule has 0 aliphatic carbocycles. The molecule has 0 bridgehead atoms. The van der Waals surface area contributed by atoms with E-state index < -0.39 is 6.17 Å². The van der Waals surface area contributed by atoms with E-state index in [0.717, 1.165) is 35.0 Å². The number of rotatable bonds is 10. The number of hydrogen-bond donors (Lipinski definition) is 4. The second-order valence-electron chi connectivity index (χ2n) is 12.3. The van der Waals surface area contributed by atoms with Crippen LogP contribution in [0.2, 0.25) is 0 Å². The first-order valence-electron chi connectivity index (χ1n) is 16.1. The molecule has 46 heavy (non-hydrogen) atoms. The zero-order chi connectivity index (χ0) is 31.5. The third kappa shape index (κ3) is 6.37. The van der Waals surface area contributed by atoms with Gasteiger partial charge in [0.25, 0.3) is 0 Å². The summed E-state index contributed by atoms with van der Waals surface area (Å²) < 4.78 is 0. The van der Waals surface area contributed by atoms with Gasteiger partial charge in [0.05, 0.1) is 12.3 Å². The summed E-state index contributed by atoms with van der Waals surface area (Å²) in [6.07, 6.45) is 1.24. The van der Waals surface area contributed by atoms with Crippen molar-refractivity contribution >= 4 is 38.0 Å². The Morgan fingerprint density at radius 2 is 1.09 bits per heavy atom. The summed E-state index contributed by atoms with van der Waals surface area (Å²) in [6, 6.07) is 51.6. The SMILES string of the molecule is CC(NC(NC(N)c1ccc2c(CCc3ccccc3)c(N)ccc2c1)c1ccc2ccccc2c1)c1ccc2ccccc2c1. The van der Waals surface area contributed by atoms with Crippen LogP contribution in [0, 0.1) is 0 Å². The number of nitrogens with one attached hydrogen (secondary N) is 2. The fourth-order valence-corrected chi connectivity index (χ4v) is 6.54. The van der Waals surface area contributed by atoms with E-state index in [9.17, 15) is 0 Å². The molecule has 3 unspecified atom stereocenters. The molecule has 0 saturated carbocycles. The van der Waals surface area contributed by atoms with Crippen LogP contribution in [0.15, 0.2) is 146 Å². The summed E-state index contributed by atoms with van der Waals surface area (Å²) in [7, 11) is 0. The molecule has 0 amide bonds. The van der Waals surface area contributed by atoms with E-state index in [0.29, 0.717) is 0 Å². The summed E-state index contributed by atoms with van der Waals surface area (Å²) in [5, 5.41) is 14.8. The van der Waals surface area contributed by atoms with Crippen LogP contribution in [0.3, 0.4) is 0 Å². The number of anilines is 1. The van der Waals surface area contributed by atoms with Crippen molar-refractivity contribution in [2.75, 3.05) is 5.73 Å². The fraction of sp³-hybridized carbons (Fsp3) is 0.143. The summed E-state index contributed by atoms with van der Waals surface area (Å²) >= 11 is 0. The zero-order valence-electron chi connectivity index (χ0n) is 26.2. The minimum atomic E-state index is -0.400. The summed E-state index contributed by atoms with van der Waals surface area (Å²) in [4.78, 5) is 0. The topological polar surface area (TPSA) is 76.1 Å². The Balaban J connectivity index is 1.17. The predicted octanol–water partition coefficient (Wildman–Crippen LogP) is 9.11. The normalized spacial score (nSPS) is 13.6. The fourth-order valence-electron chi connectivity index (χ4n) is 6.54. The van der Waals surface area contributed by atoms with Crippen molar-refractivity contribution in [1.82, 2.24) is 10.6 Å². The van der Waals surface area contributed by atoms with Gasteiger partial charge in [0, 0.05) is 11.7 Å². The van der Waals surface area contributed by atoms with Crippen LogP contribution in [-0.4, -0.2) is 0 Å². The molecule has 7 aromatic carbocycles. The van der Waals surface area contributed by atoms with Gasteiger partial charge in [-0.1, -0.05) is 121 Å². The number of aryl methyl sites for hydroxylation is 2. The lowest BCUT2D eigenvalue weighted by atomic mass is 9.95. The monoisotopic (exact) mass is 600 g/mol. The maximum atomic E-state index is 6.95. The second-order valence-corrected chi connectivity index (χ2v) is 12.3. The predicted molar refractivity (Wildman–Crippen MR) is 194 cm³/mol. The van der Waals surface area contributed by atoms with E-state index in [2.05, 4.69) is 157 Å². The van der Waals surface area contributed by atoms with E-state index in [1.807, 2.05) is 6.07 Å². The van der Waals surface area contributed by atoms with Crippen molar-refractivity contribution in [3.8, 4) is 0 Å². The molecule has 6 N–H and O–H groups in total. The molecule has 4 heteroatoms. The zero-order valence-corrected chi connectivity index (χ0v) is 26.2. The van der Waals surface area contributed by atoms with Gasteiger partial charge < -0.3 is 11.5 Å². The van der Waals surface area contributed by atoms with Gasteiger partial charge in [0.1, 0.15) is 0 Å². The number of nitrogen functional groups attached to an aromatic ring is 1. The van der Waals surface area contributed by atoms with Gasteiger partial charge >= 0.3 is 0 Å².